The highest BCUT2D eigenvalue weighted by atomic mass is 35.5. The van der Waals surface area contributed by atoms with E-state index in [9.17, 15) is 4.79 Å². The smallest absolute Gasteiger partial charge is 0.231 e. The quantitative estimate of drug-likeness (QED) is 0.815. The molecule has 0 aliphatic carbocycles. The minimum Gasteiger partial charge on any atom is -0.355 e. The molecule has 4 rings (SSSR count). The second-order valence-electron chi connectivity index (χ2n) is 6.26. The van der Waals surface area contributed by atoms with Gasteiger partial charge in [0.2, 0.25) is 5.91 Å². The van der Waals surface area contributed by atoms with Gasteiger partial charge in [0, 0.05) is 31.5 Å². The fourth-order valence-electron chi connectivity index (χ4n) is 3.58. The largest absolute Gasteiger partial charge is 0.355 e. The van der Waals surface area contributed by atoms with E-state index in [4.69, 9.17) is 23.2 Å². The van der Waals surface area contributed by atoms with Gasteiger partial charge in [0.25, 0.3) is 0 Å². The van der Waals surface area contributed by atoms with E-state index in [2.05, 4.69) is 16.0 Å². The van der Waals surface area contributed by atoms with E-state index >= 15 is 0 Å². The number of carbonyl (C=O) groups is 1. The zero-order chi connectivity index (χ0) is 16.7. The van der Waals surface area contributed by atoms with Crippen LogP contribution in [0.4, 0.5) is 11.5 Å². The van der Waals surface area contributed by atoms with Crippen LogP contribution in [0.25, 0.3) is 0 Å². The van der Waals surface area contributed by atoms with Gasteiger partial charge in [-0.05, 0) is 30.5 Å². The van der Waals surface area contributed by atoms with E-state index in [1.54, 1.807) is 12.3 Å². The maximum Gasteiger partial charge on any atom is 0.231 e. The van der Waals surface area contributed by atoms with Gasteiger partial charge in [-0.2, -0.15) is 0 Å². The predicted molar refractivity (Wildman–Crippen MR) is 97.1 cm³/mol. The van der Waals surface area contributed by atoms with Gasteiger partial charge in [-0.15, -0.1) is 0 Å². The average molecular weight is 362 g/mol. The van der Waals surface area contributed by atoms with Crippen molar-refractivity contribution in [3.05, 3.63) is 52.1 Å². The Kier molecular flexibility index (Phi) is 4.10. The normalized spacial score (nSPS) is 19.7. The Morgan fingerprint density at radius 3 is 2.88 bits per heavy atom. The maximum absolute atomic E-state index is 13.0. The molecule has 1 amide bonds. The number of pyridine rings is 1. The zero-order valence-electron chi connectivity index (χ0n) is 13.1. The highest BCUT2D eigenvalue weighted by Gasteiger charge is 2.35. The van der Waals surface area contributed by atoms with Crippen LogP contribution in [-0.4, -0.2) is 30.5 Å². The summed E-state index contributed by atoms with van der Waals surface area (Å²) in [5.74, 6) is 0.885. The molecule has 1 atom stereocenters. The second-order valence-corrected chi connectivity index (χ2v) is 7.10. The predicted octanol–water partition coefficient (Wildman–Crippen LogP) is 3.80. The first kappa shape index (κ1) is 15.7. The molecule has 2 aromatic rings. The van der Waals surface area contributed by atoms with E-state index in [0.717, 1.165) is 31.6 Å². The van der Waals surface area contributed by atoms with Gasteiger partial charge >= 0.3 is 0 Å². The van der Waals surface area contributed by atoms with Crippen molar-refractivity contribution in [1.29, 1.82) is 0 Å². The Balaban J connectivity index is 1.50. The summed E-state index contributed by atoms with van der Waals surface area (Å²) in [6.45, 7) is 2.20. The van der Waals surface area contributed by atoms with Gasteiger partial charge in [-0.25, -0.2) is 4.98 Å². The number of hydrogen-bond acceptors (Lipinski definition) is 3. The molecule has 1 unspecified atom stereocenters. The number of para-hydroxylation sites is 1. The number of rotatable bonds is 2. The Bertz CT molecular complexity index is 796. The van der Waals surface area contributed by atoms with Crippen molar-refractivity contribution >= 4 is 40.6 Å². The molecule has 0 spiro atoms. The van der Waals surface area contributed by atoms with Crippen LogP contribution in [0, 0.1) is 5.92 Å². The molecule has 6 heteroatoms. The lowest BCUT2D eigenvalue weighted by molar-refractivity contribution is -0.121. The highest BCUT2D eigenvalue weighted by Crippen LogP contribution is 2.33. The van der Waals surface area contributed by atoms with Crippen LogP contribution in [0.1, 0.15) is 12.0 Å². The Hall–Kier alpha value is -1.78. The van der Waals surface area contributed by atoms with Crippen LogP contribution >= 0.6 is 23.2 Å². The topological polar surface area (TPSA) is 36.4 Å². The molecule has 3 heterocycles. The maximum atomic E-state index is 13.0. The monoisotopic (exact) mass is 361 g/mol. The van der Waals surface area contributed by atoms with Crippen molar-refractivity contribution < 1.29 is 4.79 Å². The van der Waals surface area contributed by atoms with Crippen molar-refractivity contribution in [2.24, 2.45) is 5.92 Å². The first-order valence-corrected chi connectivity index (χ1v) is 8.84. The van der Waals surface area contributed by atoms with Crippen LogP contribution in [0.3, 0.4) is 0 Å². The Labute approximate surface area is 151 Å². The van der Waals surface area contributed by atoms with Crippen LogP contribution in [0.5, 0.6) is 0 Å². The highest BCUT2D eigenvalue weighted by molar-refractivity contribution is 6.36. The number of amides is 1. The van der Waals surface area contributed by atoms with Crippen molar-refractivity contribution in [3.8, 4) is 0 Å². The molecule has 1 fully saturated rings. The SMILES string of the molecule is O=C(C1CCN(c2ncc(Cl)cc2Cl)C1)N1CCc2ccccc21. The molecule has 0 saturated carbocycles. The molecule has 0 N–H and O–H groups in total. The van der Waals surface area contributed by atoms with E-state index in [1.807, 2.05) is 23.1 Å². The standard InChI is InChI=1S/C18H17Cl2N3O/c19-14-9-15(20)17(21-10-14)22-7-5-13(11-22)18(24)23-8-6-12-3-1-2-4-16(12)23/h1-4,9-10,13H,5-8,11H2. The van der Waals surface area contributed by atoms with Crippen LogP contribution in [-0.2, 0) is 11.2 Å². The number of carbonyl (C=O) groups excluding carboxylic acids is 1. The second kappa shape index (κ2) is 6.26. The summed E-state index contributed by atoms with van der Waals surface area (Å²) in [6.07, 6.45) is 3.34. The molecule has 4 nitrogen and oxygen atoms in total. The third kappa shape index (κ3) is 2.74. The lowest BCUT2D eigenvalue weighted by Crippen LogP contribution is -2.36. The number of hydrogen-bond donors (Lipinski definition) is 0. The van der Waals surface area contributed by atoms with Crippen LogP contribution in [0.2, 0.25) is 10.0 Å². The van der Waals surface area contributed by atoms with Crippen molar-refractivity contribution in [1.82, 2.24) is 4.98 Å². The molecule has 24 heavy (non-hydrogen) atoms. The van der Waals surface area contributed by atoms with Crippen molar-refractivity contribution in [3.63, 3.8) is 0 Å². The first-order valence-electron chi connectivity index (χ1n) is 8.09. The summed E-state index contributed by atoms with van der Waals surface area (Å²) in [6, 6.07) is 9.84. The van der Waals surface area contributed by atoms with Gasteiger partial charge in [0.05, 0.1) is 16.0 Å². The lowest BCUT2D eigenvalue weighted by Gasteiger charge is -2.22. The van der Waals surface area contributed by atoms with Crippen LogP contribution in [0.15, 0.2) is 36.5 Å². The van der Waals surface area contributed by atoms with Gasteiger partial charge in [0.1, 0.15) is 5.82 Å². The summed E-state index contributed by atoms with van der Waals surface area (Å²) in [5.41, 5.74) is 2.31. The number of fused-ring (bicyclic) bond motifs is 1. The van der Waals surface area contributed by atoms with E-state index in [1.165, 1.54) is 5.56 Å². The third-order valence-corrected chi connectivity index (χ3v) is 5.26. The Morgan fingerprint density at radius 1 is 1.21 bits per heavy atom. The van der Waals surface area contributed by atoms with Gasteiger partial charge in [0.15, 0.2) is 0 Å². The minimum atomic E-state index is -0.0234. The molecule has 2 aliphatic heterocycles. The molecule has 124 valence electrons. The fourth-order valence-corrected chi connectivity index (χ4v) is 4.08. The third-order valence-electron chi connectivity index (χ3n) is 4.78. The van der Waals surface area contributed by atoms with Gasteiger partial charge < -0.3 is 9.80 Å². The molecular weight excluding hydrogens is 345 g/mol. The summed E-state index contributed by atoms with van der Waals surface area (Å²) in [4.78, 5) is 21.3. The lowest BCUT2D eigenvalue weighted by atomic mass is 10.1. The van der Waals surface area contributed by atoms with Gasteiger partial charge in [-0.1, -0.05) is 41.4 Å². The fraction of sp³-hybridized carbons (Fsp3) is 0.333. The first-order chi connectivity index (χ1) is 11.6. The van der Waals surface area contributed by atoms with Crippen molar-refractivity contribution in [2.45, 2.75) is 12.8 Å². The average Bonchev–Trinajstić information content (AvgIpc) is 3.21. The molecule has 0 bridgehead atoms. The summed E-state index contributed by atoms with van der Waals surface area (Å²) < 4.78 is 0. The summed E-state index contributed by atoms with van der Waals surface area (Å²) in [5, 5.41) is 1.05. The number of aromatic nitrogens is 1. The van der Waals surface area contributed by atoms with Crippen molar-refractivity contribution in [2.75, 3.05) is 29.4 Å². The molecule has 1 aromatic heterocycles. The summed E-state index contributed by atoms with van der Waals surface area (Å²) in [7, 11) is 0. The van der Waals surface area contributed by atoms with E-state index in [-0.39, 0.29) is 11.8 Å². The Morgan fingerprint density at radius 2 is 2.04 bits per heavy atom. The molecule has 1 saturated heterocycles. The number of halogens is 2. The van der Waals surface area contributed by atoms with E-state index in [0.29, 0.717) is 22.4 Å². The summed E-state index contributed by atoms with van der Waals surface area (Å²) >= 11 is 12.2. The molecule has 2 aliphatic rings. The number of anilines is 2. The zero-order valence-corrected chi connectivity index (χ0v) is 14.6. The van der Waals surface area contributed by atoms with Gasteiger partial charge in [-0.3, -0.25) is 4.79 Å². The molecule has 1 aromatic carbocycles. The minimum absolute atomic E-state index is 0.0234. The molecule has 0 radical (unpaired) electrons. The number of benzene rings is 1. The molecular formula is C18H17Cl2N3O. The van der Waals surface area contributed by atoms with Crippen LogP contribution < -0.4 is 9.80 Å². The number of nitrogens with zero attached hydrogens (tertiary/aromatic N) is 3. The van der Waals surface area contributed by atoms with E-state index < -0.39 is 0 Å².